The van der Waals surface area contributed by atoms with Crippen LogP contribution in [0.25, 0.3) is 0 Å². The Kier molecular flexibility index (Phi) is 3.25. The summed E-state index contributed by atoms with van der Waals surface area (Å²) in [7, 11) is 0. The molecule has 3 N–H and O–H groups in total. The van der Waals surface area contributed by atoms with Gasteiger partial charge in [-0.15, -0.1) is 0 Å². The Morgan fingerprint density at radius 3 is 2.59 bits per heavy atom. The molecular formula is C13H13NO3. The van der Waals surface area contributed by atoms with Gasteiger partial charge < -0.3 is 15.3 Å². The van der Waals surface area contributed by atoms with Crippen LogP contribution in [-0.4, -0.2) is 5.11 Å². The van der Waals surface area contributed by atoms with Gasteiger partial charge in [-0.05, 0) is 12.0 Å². The number of benzene rings is 1. The van der Waals surface area contributed by atoms with Crippen LogP contribution in [0.1, 0.15) is 17.4 Å². The molecule has 0 unspecified atom stereocenters. The van der Waals surface area contributed by atoms with Gasteiger partial charge >= 0.3 is 5.63 Å². The van der Waals surface area contributed by atoms with E-state index >= 15 is 0 Å². The summed E-state index contributed by atoms with van der Waals surface area (Å²) in [5.74, 6) is 0.165. The molecule has 0 spiro atoms. The van der Waals surface area contributed by atoms with Gasteiger partial charge in [0, 0.05) is 6.07 Å². The van der Waals surface area contributed by atoms with Crippen molar-refractivity contribution in [1.29, 1.82) is 0 Å². The number of hydrogen-bond donors (Lipinski definition) is 2. The second-order valence-electron chi connectivity index (χ2n) is 3.83. The van der Waals surface area contributed by atoms with Crippen LogP contribution in [0.3, 0.4) is 0 Å². The van der Waals surface area contributed by atoms with Crippen LogP contribution in [0.5, 0.6) is 5.75 Å². The Labute approximate surface area is 98.3 Å². The van der Waals surface area contributed by atoms with Crippen molar-refractivity contribution < 1.29 is 9.52 Å². The minimum atomic E-state index is -0.594. The lowest BCUT2D eigenvalue weighted by Crippen LogP contribution is -2.15. The summed E-state index contributed by atoms with van der Waals surface area (Å²) in [6.45, 7) is 0. The van der Waals surface area contributed by atoms with Crippen LogP contribution in [0.15, 0.2) is 51.7 Å². The summed E-state index contributed by atoms with van der Waals surface area (Å²) in [5, 5.41) is 9.29. The molecule has 2 aromatic rings. The zero-order chi connectivity index (χ0) is 12.3. The molecule has 0 aliphatic carbocycles. The molecule has 4 heteroatoms. The Balaban J connectivity index is 2.20. The minimum Gasteiger partial charge on any atom is -0.508 e. The van der Waals surface area contributed by atoms with E-state index in [1.54, 1.807) is 0 Å². The zero-order valence-electron chi connectivity index (χ0n) is 9.17. The SMILES string of the molecule is N[C@@H](Cc1ccccc1)c1cc(O)cc(=O)o1. The maximum atomic E-state index is 11.1. The average molecular weight is 231 g/mol. The molecule has 0 bridgehead atoms. The molecule has 0 amide bonds. The normalized spacial score (nSPS) is 12.3. The van der Waals surface area contributed by atoms with E-state index in [1.165, 1.54) is 6.07 Å². The zero-order valence-corrected chi connectivity index (χ0v) is 9.17. The van der Waals surface area contributed by atoms with Crippen molar-refractivity contribution in [2.75, 3.05) is 0 Å². The molecule has 88 valence electrons. The predicted molar refractivity (Wildman–Crippen MR) is 63.7 cm³/mol. The molecule has 2 rings (SSSR count). The van der Waals surface area contributed by atoms with Crippen molar-refractivity contribution >= 4 is 0 Å². The number of nitrogens with two attached hydrogens (primary N) is 1. The summed E-state index contributed by atoms with van der Waals surface area (Å²) < 4.78 is 4.95. The van der Waals surface area contributed by atoms with Gasteiger partial charge in [-0.25, -0.2) is 4.79 Å². The first-order valence-corrected chi connectivity index (χ1v) is 5.29. The van der Waals surface area contributed by atoms with Gasteiger partial charge in [-0.3, -0.25) is 0 Å². The van der Waals surface area contributed by atoms with Crippen molar-refractivity contribution in [2.45, 2.75) is 12.5 Å². The topological polar surface area (TPSA) is 76.5 Å². The second kappa shape index (κ2) is 4.84. The van der Waals surface area contributed by atoms with Crippen LogP contribution >= 0.6 is 0 Å². The molecule has 0 aliphatic rings. The quantitative estimate of drug-likeness (QED) is 0.841. The highest BCUT2D eigenvalue weighted by molar-refractivity contribution is 5.23. The van der Waals surface area contributed by atoms with E-state index in [0.29, 0.717) is 12.2 Å². The Hall–Kier alpha value is -2.07. The standard InChI is InChI=1S/C13H13NO3/c14-11(6-9-4-2-1-3-5-9)12-7-10(15)8-13(16)17-12/h1-5,7-8,11,15H,6,14H2/t11-/m0/s1. The van der Waals surface area contributed by atoms with Gasteiger partial charge in [0.15, 0.2) is 0 Å². The minimum absolute atomic E-state index is 0.125. The van der Waals surface area contributed by atoms with E-state index in [4.69, 9.17) is 10.2 Å². The molecule has 1 aromatic heterocycles. The number of rotatable bonds is 3. The van der Waals surface area contributed by atoms with Crippen molar-refractivity contribution in [3.8, 4) is 5.75 Å². The highest BCUT2D eigenvalue weighted by Gasteiger charge is 2.11. The van der Waals surface area contributed by atoms with Crippen LogP contribution in [-0.2, 0) is 6.42 Å². The Morgan fingerprint density at radius 1 is 1.24 bits per heavy atom. The van der Waals surface area contributed by atoms with Gasteiger partial charge in [0.25, 0.3) is 0 Å². The molecule has 0 aliphatic heterocycles. The second-order valence-corrected chi connectivity index (χ2v) is 3.83. The maximum Gasteiger partial charge on any atom is 0.339 e. The van der Waals surface area contributed by atoms with Crippen LogP contribution in [0.4, 0.5) is 0 Å². The molecule has 1 atom stereocenters. The van der Waals surface area contributed by atoms with E-state index in [1.807, 2.05) is 30.3 Å². The molecule has 4 nitrogen and oxygen atoms in total. The molecule has 0 radical (unpaired) electrons. The van der Waals surface area contributed by atoms with Crippen LogP contribution in [0.2, 0.25) is 0 Å². The molecule has 17 heavy (non-hydrogen) atoms. The summed E-state index contributed by atoms with van der Waals surface area (Å²) in [4.78, 5) is 11.1. The molecule has 1 aromatic carbocycles. The number of aromatic hydroxyl groups is 1. The summed E-state index contributed by atoms with van der Waals surface area (Å²) in [6, 6.07) is 11.6. The van der Waals surface area contributed by atoms with E-state index < -0.39 is 11.7 Å². The lowest BCUT2D eigenvalue weighted by atomic mass is 10.0. The van der Waals surface area contributed by atoms with Crippen molar-refractivity contribution in [3.63, 3.8) is 0 Å². The molecule has 0 saturated heterocycles. The molecule has 1 heterocycles. The fraction of sp³-hybridized carbons (Fsp3) is 0.154. The fourth-order valence-electron chi connectivity index (χ4n) is 1.63. The van der Waals surface area contributed by atoms with Gasteiger partial charge in [0.1, 0.15) is 11.5 Å². The average Bonchev–Trinajstić information content (AvgIpc) is 2.29. The van der Waals surface area contributed by atoms with Gasteiger partial charge in [0.2, 0.25) is 0 Å². The molecular weight excluding hydrogens is 218 g/mol. The van der Waals surface area contributed by atoms with Gasteiger partial charge in [0.05, 0.1) is 12.1 Å². The first-order chi connectivity index (χ1) is 8.15. The third-order valence-electron chi connectivity index (χ3n) is 2.44. The van der Waals surface area contributed by atoms with E-state index in [0.717, 1.165) is 11.6 Å². The smallest absolute Gasteiger partial charge is 0.339 e. The first kappa shape index (κ1) is 11.4. The molecule has 0 saturated carbocycles. The largest absolute Gasteiger partial charge is 0.508 e. The van der Waals surface area contributed by atoms with Crippen molar-refractivity contribution in [3.05, 3.63) is 64.2 Å². The Morgan fingerprint density at radius 2 is 1.94 bits per heavy atom. The van der Waals surface area contributed by atoms with E-state index in [-0.39, 0.29) is 5.75 Å². The third kappa shape index (κ3) is 2.95. The highest BCUT2D eigenvalue weighted by Crippen LogP contribution is 2.17. The fourth-order valence-corrected chi connectivity index (χ4v) is 1.63. The lowest BCUT2D eigenvalue weighted by molar-refractivity contribution is 0.400. The van der Waals surface area contributed by atoms with Crippen LogP contribution < -0.4 is 11.4 Å². The third-order valence-corrected chi connectivity index (χ3v) is 2.44. The number of hydrogen-bond acceptors (Lipinski definition) is 4. The summed E-state index contributed by atoms with van der Waals surface area (Å²) >= 11 is 0. The highest BCUT2D eigenvalue weighted by atomic mass is 16.4. The van der Waals surface area contributed by atoms with Gasteiger partial charge in [-0.2, -0.15) is 0 Å². The van der Waals surface area contributed by atoms with E-state index in [9.17, 15) is 9.90 Å². The van der Waals surface area contributed by atoms with Crippen molar-refractivity contribution in [2.24, 2.45) is 5.73 Å². The molecule has 0 fully saturated rings. The predicted octanol–water partition coefficient (Wildman–Crippen LogP) is 1.59. The van der Waals surface area contributed by atoms with Crippen LogP contribution in [0, 0.1) is 0 Å². The monoisotopic (exact) mass is 231 g/mol. The van der Waals surface area contributed by atoms with E-state index in [2.05, 4.69) is 0 Å². The first-order valence-electron chi connectivity index (χ1n) is 5.29. The lowest BCUT2D eigenvalue weighted by Gasteiger charge is -2.10. The maximum absolute atomic E-state index is 11.1. The summed E-state index contributed by atoms with van der Waals surface area (Å²) in [6.07, 6.45) is 0.549. The van der Waals surface area contributed by atoms with Gasteiger partial charge in [-0.1, -0.05) is 30.3 Å². The summed E-state index contributed by atoms with van der Waals surface area (Å²) in [5.41, 5.74) is 6.37. The van der Waals surface area contributed by atoms with Crippen molar-refractivity contribution in [1.82, 2.24) is 0 Å². The Bertz CT molecular complexity index is 548.